The Morgan fingerprint density at radius 2 is 1.96 bits per heavy atom. The van der Waals surface area contributed by atoms with Crippen LogP contribution in [-0.2, 0) is 16.0 Å². The molecular formula is C19H22FN3O2S2. The van der Waals surface area contributed by atoms with E-state index in [1.54, 1.807) is 33.7 Å². The lowest BCUT2D eigenvalue weighted by Gasteiger charge is -2.28. The fourth-order valence-corrected chi connectivity index (χ4v) is 4.98. The summed E-state index contributed by atoms with van der Waals surface area (Å²) in [6.45, 7) is 5.18. The van der Waals surface area contributed by atoms with Crippen LogP contribution < -0.4 is 0 Å². The van der Waals surface area contributed by atoms with Crippen molar-refractivity contribution in [3.8, 4) is 11.3 Å². The summed E-state index contributed by atoms with van der Waals surface area (Å²) in [6, 6.07) is 5.74. The summed E-state index contributed by atoms with van der Waals surface area (Å²) in [5.41, 5.74) is 1.55. The number of likely N-dealkylation sites (N-methyl/N-ethyl adjacent to an activating group) is 1. The number of thiazole rings is 1. The first-order valence-electron chi connectivity index (χ1n) is 8.89. The first kappa shape index (κ1) is 19.8. The highest BCUT2D eigenvalue weighted by Crippen LogP contribution is 2.26. The molecule has 3 rings (SSSR count). The van der Waals surface area contributed by atoms with E-state index in [0.29, 0.717) is 29.7 Å². The largest absolute Gasteiger partial charge is 0.341 e. The Balaban J connectivity index is 1.68. The number of carbonyl (C=O) groups excluding carboxylic acids is 2. The lowest BCUT2D eigenvalue weighted by atomic mass is 10.2. The molecule has 1 aliphatic rings. The molecule has 1 saturated heterocycles. The Bertz CT molecular complexity index is 806. The summed E-state index contributed by atoms with van der Waals surface area (Å²) in [5.74, 6) is 0.821. The van der Waals surface area contributed by atoms with E-state index in [2.05, 4.69) is 4.98 Å². The van der Waals surface area contributed by atoms with Crippen LogP contribution >= 0.6 is 23.1 Å². The number of hydrogen-bond acceptors (Lipinski definition) is 5. The fourth-order valence-electron chi connectivity index (χ4n) is 3.02. The third kappa shape index (κ3) is 4.50. The van der Waals surface area contributed by atoms with Gasteiger partial charge in [-0.25, -0.2) is 9.37 Å². The average Bonchev–Trinajstić information content (AvgIpc) is 3.32. The zero-order chi connectivity index (χ0) is 19.4. The van der Waals surface area contributed by atoms with E-state index >= 15 is 0 Å². The van der Waals surface area contributed by atoms with Crippen LogP contribution in [-0.4, -0.2) is 57.4 Å². The average molecular weight is 408 g/mol. The second-order valence-corrected chi connectivity index (χ2v) is 8.14. The van der Waals surface area contributed by atoms with E-state index in [1.165, 1.54) is 23.5 Å². The van der Waals surface area contributed by atoms with Crippen molar-refractivity contribution in [2.75, 3.05) is 24.7 Å². The van der Waals surface area contributed by atoms with Crippen LogP contribution in [0.4, 0.5) is 4.39 Å². The van der Waals surface area contributed by atoms with Gasteiger partial charge in [0.2, 0.25) is 11.8 Å². The zero-order valence-corrected chi connectivity index (χ0v) is 17.0. The molecule has 0 bridgehead atoms. The Labute approximate surface area is 166 Å². The van der Waals surface area contributed by atoms with E-state index in [0.717, 1.165) is 11.3 Å². The van der Waals surface area contributed by atoms with Gasteiger partial charge in [0.05, 0.1) is 18.0 Å². The topological polar surface area (TPSA) is 53.5 Å². The number of carbonyl (C=O) groups is 2. The van der Waals surface area contributed by atoms with Crippen LogP contribution in [0.3, 0.4) is 0 Å². The fraction of sp³-hybridized carbons (Fsp3) is 0.421. The molecule has 1 aromatic heterocycles. The molecule has 8 heteroatoms. The van der Waals surface area contributed by atoms with Crippen LogP contribution in [0, 0.1) is 5.82 Å². The Morgan fingerprint density at radius 3 is 2.63 bits per heavy atom. The minimum atomic E-state index is -0.390. The molecule has 1 aromatic carbocycles. The standard InChI is InChI=1S/C19H22FN3O2S2/c1-3-22(4-2)19(25)16-11-26-12-23(16)18(24)9-17-21-15(10-27-17)13-5-7-14(20)8-6-13/h5-8,10,16H,3-4,9,11-12H2,1-2H3/t16-/m1/s1. The van der Waals surface area contributed by atoms with Gasteiger partial charge >= 0.3 is 0 Å². The zero-order valence-electron chi connectivity index (χ0n) is 15.4. The van der Waals surface area contributed by atoms with Crippen LogP contribution in [0.2, 0.25) is 0 Å². The molecule has 27 heavy (non-hydrogen) atoms. The first-order chi connectivity index (χ1) is 13.0. The van der Waals surface area contributed by atoms with Crippen molar-refractivity contribution < 1.29 is 14.0 Å². The molecule has 2 aromatic rings. The summed E-state index contributed by atoms with van der Waals surface area (Å²) >= 11 is 3.01. The van der Waals surface area contributed by atoms with Gasteiger partial charge in [0.25, 0.3) is 0 Å². The SMILES string of the molecule is CCN(CC)C(=O)[C@H]1CSCN1C(=O)Cc1nc(-c2ccc(F)cc2)cs1. The van der Waals surface area contributed by atoms with Crippen molar-refractivity contribution in [1.82, 2.24) is 14.8 Å². The van der Waals surface area contributed by atoms with Crippen LogP contribution in [0.5, 0.6) is 0 Å². The van der Waals surface area contributed by atoms with Gasteiger partial charge in [-0.1, -0.05) is 0 Å². The molecule has 2 amide bonds. The minimum Gasteiger partial charge on any atom is -0.341 e. The molecule has 1 fully saturated rings. The van der Waals surface area contributed by atoms with E-state index in [-0.39, 0.29) is 30.1 Å². The van der Waals surface area contributed by atoms with Gasteiger partial charge in [-0.3, -0.25) is 9.59 Å². The van der Waals surface area contributed by atoms with Gasteiger partial charge < -0.3 is 9.80 Å². The number of nitrogens with zero attached hydrogens (tertiary/aromatic N) is 3. The summed E-state index contributed by atoms with van der Waals surface area (Å²) in [6.07, 6.45) is 0.175. The maximum atomic E-state index is 13.1. The molecule has 0 unspecified atom stereocenters. The summed E-state index contributed by atoms with van der Waals surface area (Å²) in [7, 11) is 0. The van der Waals surface area contributed by atoms with Crippen molar-refractivity contribution in [2.24, 2.45) is 0 Å². The normalized spacial score (nSPS) is 16.6. The van der Waals surface area contributed by atoms with Crippen molar-refractivity contribution in [1.29, 1.82) is 0 Å². The van der Waals surface area contributed by atoms with Gasteiger partial charge in [0, 0.05) is 29.8 Å². The predicted molar refractivity (Wildman–Crippen MR) is 107 cm³/mol. The van der Waals surface area contributed by atoms with E-state index < -0.39 is 0 Å². The summed E-state index contributed by atoms with van der Waals surface area (Å²) in [4.78, 5) is 33.4. The Kier molecular flexibility index (Phi) is 6.49. The van der Waals surface area contributed by atoms with Gasteiger partial charge in [0.15, 0.2) is 0 Å². The maximum Gasteiger partial charge on any atom is 0.246 e. The van der Waals surface area contributed by atoms with E-state index in [1.807, 2.05) is 19.2 Å². The monoisotopic (exact) mass is 407 g/mol. The second-order valence-electron chi connectivity index (χ2n) is 6.20. The highest BCUT2D eigenvalue weighted by Gasteiger charge is 2.36. The third-order valence-electron chi connectivity index (χ3n) is 4.56. The van der Waals surface area contributed by atoms with Crippen molar-refractivity contribution in [3.63, 3.8) is 0 Å². The molecule has 0 N–H and O–H groups in total. The number of hydrogen-bond donors (Lipinski definition) is 0. The third-order valence-corrected chi connectivity index (χ3v) is 6.42. The molecule has 0 saturated carbocycles. The summed E-state index contributed by atoms with van der Waals surface area (Å²) in [5, 5.41) is 2.57. The maximum absolute atomic E-state index is 13.1. The molecule has 2 heterocycles. The lowest BCUT2D eigenvalue weighted by molar-refractivity contribution is -0.142. The molecule has 0 aliphatic carbocycles. The Hall–Kier alpha value is -1.93. The number of benzene rings is 1. The van der Waals surface area contributed by atoms with Crippen molar-refractivity contribution >= 4 is 34.9 Å². The number of rotatable bonds is 6. The second kappa shape index (κ2) is 8.84. The first-order valence-corrected chi connectivity index (χ1v) is 10.9. The minimum absolute atomic E-state index is 0.0180. The molecule has 5 nitrogen and oxygen atoms in total. The molecule has 0 radical (unpaired) electrons. The highest BCUT2D eigenvalue weighted by molar-refractivity contribution is 7.99. The van der Waals surface area contributed by atoms with Crippen LogP contribution in [0.15, 0.2) is 29.6 Å². The number of thioether (sulfide) groups is 1. The van der Waals surface area contributed by atoms with Crippen LogP contribution in [0.25, 0.3) is 11.3 Å². The van der Waals surface area contributed by atoms with Gasteiger partial charge in [-0.2, -0.15) is 0 Å². The smallest absolute Gasteiger partial charge is 0.246 e. The van der Waals surface area contributed by atoms with E-state index in [4.69, 9.17) is 0 Å². The van der Waals surface area contributed by atoms with Crippen LogP contribution in [0.1, 0.15) is 18.9 Å². The van der Waals surface area contributed by atoms with Crippen molar-refractivity contribution in [3.05, 3.63) is 40.5 Å². The quantitative estimate of drug-likeness (QED) is 0.738. The predicted octanol–water partition coefficient (Wildman–Crippen LogP) is 3.26. The molecule has 1 aliphatic heterocycles. The number of aromatic nitrogens is 1. The van der Waals surface area contributed by atoms with Gasteiger partial charge in [0.1, 0.15) is 16.9 Å². The lowest BCUT2D eigenvalue weighted by Crippen LogP contribution is -2.49. The highest BCUT2D eigenvalue weighted by atomic mass is 32.2. The van der Waals surface area contributed by atoms with E-state index in [9.17, 15) is 14.0 Å². The Morgan fingerprint density at radius 1 is 1.26 bits per heavy atom. The molecule has 144 valence electrons. The van der Waals surface area contributed by atoms with Gasteiger partial charge in [-0.15, -0.1) is 23.1 Å². The molecular weight excluding hydrogens is 385 g/mol. The molecule has 1 atom stereocenters. The number of halogens is 1. The molecule has 0 spiro atoms. The van der Waals surface area contributed by atoms with Gasteiger partial charge in [-0.05, 0) is 38.1 Å². The van der Waals surface area contributed by atoms with Crippen molar-refractivity contribution in [2.45, 2.75) is 26.3 Å². The number of amides is 2. The summed E-state index contributed by atoms with van der Waals surface area (Å²) < 4.78 is 13.1.